The lowest BCUT2D eigenvalue weighted by atomic mass is 9.73. The van der Waals surface area contributed by atoms with Crippen molar-refractivity contribution >= 4 is 29.1 Å². The number of benzene rings is 1. The Labute approximate surface area is 146 Å². The van der Waals surface area contributed by atoms with Crippen LogP contribution in [0.1, 0.15) is 19.4 Å². The molecule has 0 spiro atoms. The van der Waals surface area contributed by atoms with E-state index in [9.17, 15) is 22.8 Å². The molecule has 1 aromatic rings. The molecule has 4 atom stereocenters. The highest BCUT2D eigenvalue weighted by molar-refractivity contribution is 6.36. The Morgan fingerprint density at radius 3 is 2.08 bits per heavy atom. The van der Waals surface area contributed by atoms with Crippen LogP contribution in [0.2, 0.25) is 5.02 Å². The number of fused-ring (bicyclic) bond motifs is 5. The summed E-state index contributed by atoms with van der Waals surface area (Å²) in [6, 6.07) is 2.59. The first-order valence-corrected chi connectivity index (χ1v) is 8.01. The lowest BCUT2D eigenvalue weighted by molar-refractivity contribution is -0.138. The third-order valence-electron chi connectivity index (χ3n) is 5.24. The molecule has 3 heterocycles. The van der Waals surface area contributed by atoms with Crippen molar-refractivity contribution in [1.82, 2.24) is 0 Å². The number of alkyl halides is 3. The number of imide groups is 1. The number of hydrogen-bond acceptors (Lipinski definition) is 3. The molecule has 25 heavy (non-hydrogen) atoms. The number of rotatable bonds is 1. The van der Waals surface area contributed by atoms with Crippen LogP contribution in [0.15, 0.2) is 30.4 Å². The van der Waals surface area contributed by atoms with Gasteiger partial charge >= 0.3 is 6.18 Å². The summed E-state index contributed by atoms with van der Waals surface area (Å²) in [5, 5.41) is -0.0915. The zero-order valence-electron chi connectivity index (χ0n) is 13.2. The Hall–Kier alpha value is -1.86. The summed E-state index contributed by atoms with van der Waals surface area (Å²) < 4.78 is 44.9. The summed E-state index contributed by atoms with van der Waals surface area (Å²) >= 11 is 6.01. The van der Waals surface area contributed by atoms with Gasteiger partial charge in [-0.25, -0.2) is 4.90 Å². The van der Waals surface area contributed by atoms with E-state index in [0.717, 1.165) is 23.1 Å². The highest BCUT2D eigenvalue weighted by Crippen LogP contribution is 2.58. The van der Waals surface area contributed by atoms with E-state index in [1.165, 1.54) is 0 Å². The van der Waals surface area contributed by atoms with E-state index in [0.29, 0.717) is 0 Å². The molecular weight excluding hydrogens is 359 g/mol. The first-order chi connectivity index (χ1) is 11.5. The van der Waals surface area contributed by atoms with E-state index in [2.05, 4.69) is 0 Å². The average molecular weight is 372 g/mol. The molecule has 0 radical (unpaired) electrons. The van der Waals surface area contributed by atoms with Crippen molar-refractivity contribution in [1.29, 1.82) is 0 Å². The van der Waals surface area contributed by atoms with E-state index in [1.807, 2.05) is 0 Å². The summed E-state index contributed by atoms with van der Waals surface area (Å²) in [6.07, 6.45) is -1.14. The van der Waals surface area contributed by atoms with Crippen LogP contribution in [0.3, 0.4) is 0 Å². The summed E-state index contributed by atoms with van der Waals surface area (Å²) in [5.41, 5.74) is -3.11. The number of nitrogens with zero attached hydrogens (tertiary/aromatic N) is 1. The molecule has 4 nitrogen and oxygen atoms in total. The number of carbonyl (C=O) groups is 2. The lowest BCUT2D eigenvalue weighted by Crippen LogP contribution is -2.39. The molecule has 2 fully saturated rings. The maximum absolute atomic E-state index is 13.0. The fourth-order valence-electron chi connectivity index (χ4n) is 4.13. The predicted molar refractivity (Wildman–Crippen MR) is 83.0 cm³/mol. The van der Waals surface area contributed by atoms with Crippen molar-refractivity contribution in [2.24, 2.45) is 11.8 Å². The van der Waals surface area contributed by atoms with Gasteiger partial charge in [-0.05, 0) is 32.0 Å². The number of ether oxygens (including phenoxy) is 1. The first-order valence-electron chi connectivity index (χ1n) is 7.63. The molecule has 132 valence electrons. The van der Waals surface area contributed by atoms with Gasteiger partial charge in [0.2, 0.25) is 11.8 Å². The molecule has 1 aromatic carbocycles. The van der Waals surface area contributed by atoms with Gasteiger partial charge in [0.25, 0.3) is 0 Å². The minimum atomic E-state index is -4.61. The molecule has 0 N–H and O–H groups in total. The molecule has 0 aliphatic carbocycles. The molecule has 2 amide bonds. The predicted octanol–water partition coefficient (Wildman–Crippen LogP) is 3.58. The van der Waals surface area contributed by atoms with Crippen LogP contribution in [0.5, 0.6) is 0 Å². The molecule has 3 aliphatic heterocycles. The van der Waals surface area contributed by atoms with Gasteiger partial charge in [-0.15, -0.1) is 0 Å². The maximum Gasteiger partial charge on any atom is 0.416 e. The van der Waals surface area contributed by atoms with Crippen molar-refractivity contribution in [3.63, 3.8) is 0 Å². The van der Waals surface area contributed by atoms with Crippen LogP contribution in [0, 0.1) is 11.8 Å². The van der Waals surface area contributed by atoms with Crippen molar-refractivity contribution in [3.05, 3.63) is 40.9 Å². The van der Waals surface area contributed by atoms with Gasteiger partial charge in [0.1, 0.15) is 0 Å². The van der Waals surface area contributed by atoms with E-state index in [-0.39, 0.29) is 10.7 Å². The van der Waals surface area contributed by atoms with Crippen molar-refractivity contribution in [2.75, 3.05) is 4.90 Å². The van der Waals surface area contributed by atoms with Crippen LogP contribution in [0.25, 0.3) is 0 Å². The second kappa shape index (κ2) is 4.65. The molecule has 0 aromatic heterocycles. The van der Waals surface area contributed by atoms with Gasteiger partial charge in [-0.3, -0.25) is 9.59 Å². The van der Waals surface area contributed by atoms with Gasteiger partial charge in [0.05, 0.1) is 39.3 Å². The Morgan fingerprint density at radius 1 is 1.08 bits per heavy atom. The molecule has 4 rings (SSSR count). The normalized spacial score (nSPS) is 36.5. The van der Waals surface area contributed by atoms with Crippen LogP contribution in [-0.4, -0.2) is 23.0 Å². The summed E-state index contributed by atoms with van der Waals surface area (Å²) in [6.45, 7) is 3.39. The minimum Gasteiger partial charge on any atom is -0.359 e. The Kier molecular flexibility index (Phi) is 3.09. The fourth-order valence-corrected chi connectivity index (χ4v) is 4.33. The summed E-state index contributed by atoms with van der Waals surface area (Å²) in [5.74, 6) is -2.74. The van der Waals surface area contributed by atoms with Crippen molar-refractivity contribution in [2.45, 2.75) is 31.2 Å². The monoisotopic (exact) mass is 371 g/mol. The van der Waals surface area contributed by atoms with Gasteiger partial charge in [0.15, 0.2) is 0 Å². The van der Waals surface area contributed by atoms with Crippen molar-refractivity contribution in [3.8, 4) is 0 Å². The lowest BCUT2D eigenvalue weighted by Gasteiger charge is -2.26. The molecular formula is C17H13ClF3NO3. The fraction of sp³-hybridized carbons (Fsp3) is 0.412. The van der Waals surface area contributed by atoms with Crippen LogP contribution < -0.4 is 4.90 Å². The number of hydrogen-bond donors (Lipinski definition) is 0. The van der Waals surface area contributed by atoms with Crippen LogP contribution >= 0.6 is 11.6 Å². The van der Waals surface area contributed by atoms with Crippen LogP contribution in [-0.2, 0) is 20.5 Å². The van der Waals surface area contributed by atoms with E-state index >= 15 is 0 Å². The maximum atomic E-state index is 13.0. The van der Waals surface area contributed by atoms with Crippen LogP contribution in [0.4, 0.5) is 18.9 Å². The van der Waals surface area contributed by atoms with E-state index in [4.69, 9.17) is 16.3 Å². The van der Waals surface area contributed by atoms with E-state index in [1.54, 1.807) is 26.0 Å². The third-order valence-corrected chi connectivity index (χ3v) is 5.56. The SMILES string of the molecule is C[C@]12C=C[C@@](C)(O1)[C@H]1C(=O)N(c3cc(C(F)(F)F)ccc3Cl)C(=O)[C@H]12. The molecule has 8 heteroatoms. The number of carbonyl (C=O) groups excluding carboxylic acids is 2. The number of amides is 2. The Balaban J connectivity index is 1.82. The second-order valence-electron chi connectivity index (χ2n) is 6.93. The number of halogens is 4. The second-order valence-corrected chi connectivity index (χ2v) is 7.34. The van der Waals surface area contributed by atoms with Gasteiger partial charge in [-0.1, -0.05) is 23.8 Å². The number of anilines is 1. The highest BCUT2D eigenvalue weighted by Gasteiger charge is 2.70. The highest BCUT2D eigenvalue weighted by atomic mass is 35.5. The molecule has 2 saturated heterocycles. The molecule has 0 unspecified atom stereocenters. The minimum absolute atomic E-state index is 0.0915. The van der Waals surface area contributed by atoms with E-state index < -0.39 is 46.6 Å². The molecule has 0 saturated carbocycles. The molecule has 2 bridgehead atoms. The zero-order valence-corrected chi connectivity index (χ0v) is 14.0. The standard InChI is InChI=1S/C17H13ClF3NO3/c1-15-5-6-16(2,25-15)12-11(15)13(23)22(14(12)24)10-7-8(17(19,20)21)3-4-9(10)18/h3-7,11-12H,1-2H3/t11-,12+,15-,16-/m1/s1. The first kappa shape index (κ1) is 16.6. The summed E-state index contributed by atoms with van der Waals surface area (Å²) in [4.78, 5) is 26.6. The summed E-state index contributed by atoms with van der Waals surface area (Å²) in [7, 11) is 0. The largest absolute Gasteiger partial charge is 0.416 e. The Morgan fingerprint density at radius 2 is 1.60 bits per heavy atom. The average Bonchev–Trinajstić information content (AvgIpc) is 3.04. The topological polar surface area (TPSA) is 46.6 Å². The smallest absolute Gasteiger partial charge is 0.359 e. The third kappa shape index (κ3) is 2.05. The zero-order chi connectivity index (χ0) is 18.4. The molecule has 3 aliphatic rings. The van der Waals surface area contributed by atoms with Gasteiger partial charge in [0, 0.05) is 0 Å². The van der Waals surface area contributed by atoms with Crippen molar-refractivity contribution < 1.29 is 27.5 Å². The Bertz CT molecular complexity index is 816. The van der Waals surface area contributed by atoms with Gasteiger partial charge in [-0.2, -0.15) is 13.2 Å². The van der Waals surface area contributed by atoms with Gasteiger partial charge < -0.3 is 4.74 Å². The quantitative estimate of drug-likeness (QED) is 0.560.